The number of carbonyl (C=O) groups excluding carboxylic acids is 3. The Morgan fingerprint density at radius 3 is 0.832 bits per heavy atom. The molecular weight excluding hydrogens is 1170 g/mol. The second-order valence-corrected chi connectivity index (χ2v) is 30.5. The van der Waals surface area contributed by atoms with Gasteiger partial charge < -0.3 is 33.3 Å². The van der Waals surface area contributed by atoms with Crippen molar-refractivity contribution in [2.75, 3.05) is 47.5 Å². The number of carbonyl (C=O) groups is 3. The molecule has 0 saturated heterocycles. The van der Waals surface area contributed by atoms with Crippen LogP contribution in [0.25, 0.3) is 0 Å². The largest absolute Gasteiger partial charge is 0.545 e. The molecule has 2 atom stereocenters. The number of quaternary nitrogens is 1. The van der Waals surface area contributed by atoms with Crippen molar-refractivity contribution < 1.29 is 42.9 Å². The second-order valence-electron chi connectivity index (χ2n) is 30.5. The van der Waals surface area contributed by atoms with Crippen molar-refractivity contribution >= 4 is 17.9 Å². The number of carboxylic acids is 1. The third-order valence-electron chi connectivity index (χ3n) is 19.7. The summed E-state index contributed by atoms with van der Waals surface area (Å²) in [7, 11) is 5.96. The fourth-order valence-corrected chi connectivity index (χ4v) is 13.2. The number of aliphatic carboxylic acids is 1. The fraction of sp³-hybridized carbons (Fsp3) is 0.919. The topological polar surface area (TPSA) is 111 Å². The highest BCUT2D eigenvalue weighted by atomic mass is 16.7. The van der Waals surface area contributed by atoms with Gasteiger partial charge in [0, 0.05) is 12.8 Å². The van der Waals surface area contributed by atoms with Crippen molar-refractivity contribution in [2.45, 2.75) is 463 Å². The average molecular weight is 1340 g/mol. The molecule has 0 amide bonds. The Kier molecular flexibility index (Phi) is 75.7. The molecule has 0 aliphatic carbocycles. The maximum atomic E-state index is 13.0. The van der Waals surface area contributed by atoms with Gasteiger partial charge in [0.15, 0.2) is 12.4 Å². The van der Waals surface area contributed by atoms with Gasteiger partial charge in [0.05, 0.1) is 40.3 Å². The molecule has 0 aliphatic heterocycles. The maximum Gasteiger partial charge on any atom is 0.306 e. The molecule has 0 aromatic heterocycles. The first-order valence-electron chi connectivity index (χ1n) is 42.5. The van der Waals surface area contributed by atoms with E-state index in [-0.39, 0.29) is 32.2 Å². The van der Waals surface area contributed by atoms with Gasteiger partial charge in [0.2, 0.25) is 0 Å². The summed E-state index contributed by atoms with van der Waals surface area (Å²) in [6.07, 6.45) is 96.2. The third-order valence-corrected chi connectivity index (χ3v) is 19.7. The summed E-state index contributed by atoms with van der Waals surface area (Å²) in [6, 6.07) is 0. The van der Waals surface area contributed by atoms with Crippen molar-refractivity contribution in [1.29, 1.82) is 0 Å². The molecule has 0 spiro atoms. The Bertz CT molecular complexity index is 1610. The number of carboxylic acid groups (broad SMARTS) is 1. The van der Waals surface area contributed by atoms with E-state index in [9.17, 15) is 19.5 Å². The van der Waals surface area contributed by atoms with Crippen LogP contribution in [0.2, 0.25) is 0 Å². The van der Waals surface area contributed by atoms with Gasteiger partial charge in [-0.3, -0.25) is 9.59 Å². The number of allylic oxidation sites excluding steroid dienone is 4. The van der Waals surface area contributed by atoms with Gasteiger partial charge in [0.1, 0.15) is 13.2 Å². The van der Waals surface area contributed by atoms with Gasteiger partial charge in [-0.25, -0.2) is 0 Å². The van der Waals surface area contributed by atoms with Crippen LogP contribution >= 0.6 is 0 Å². The smallest absolute Gasteiger partial charge is 0.306 e. The van der Waals surface area contributed by atoms with Crippen molar-refractivity contribution in [1.82, 2.24) is 0 Å². The molecule has 0 aromatic carbocycles. The van der Waals surface area contributed by atoms with E-state index in [4.69, 9.17) is 18.9 Å². The SMILES string of the molecule is CCCCCCC/C=C\C/C=C\CCCCCCCCCCCCCCCCCCCC(=O)OC(COC(=O)CCCCCCCCCCCCCCCCCCCCCCCCCCCCCCCCCCCCCCCCCCC)COC(OCC[N+](C)(C)C)C(=O)[O-]. The standard InChI is InChI=1S/C86H165NO8/c1-6-8-10-12-14-16-18-20-22-24-26-28-30-32-34-36-37-38-39-40-41-42-43-44-45-46-47-49-50-52-54-56-58-60-62-64-66-68-70-72-74-76-83(88)93-80-82(81-94-86(85(90)91)92-79-78-87(3,4)5)95-84(89)77-75-73-71-69-67-65-63-61-59-57-55-53-51-48-35-33-31-29-27-25-23-21-19-17-15-13-11-9-7-2/h19,21,25,27,82,86H,6-18,20,22-24,26,28-81H2,1-5H3/b21-19-,27-25-. The van der Waals surface area contributed by atoms with Crippen LogP contribution in [0.5, 0.6) is 0 Å². The summed E-state index contributed by atoms with van der Waals surface area (Å²) in [5.41, 5.74) is 0. The van der Waals surface area contributed by atoms with Crippen LogP contribution in [-0.2, 0) is 33.3 Å². The van der Waals surface area contributed by atoms with E-state index < -0.39 is 24.3 Å². The van der Waals surface area contributed by atoms with Crippen molar-refractivity contribution in [3.8, 4) is 0 Å². The molecular formula is C86H165NO8. The predicted octanol–water partition coefficient (Wildman–Crippen LogP) is 25.9. The summed E-state index contributed by atoms with van der Waals surface area (Å²) >= 11 is 0. The number of hydrogen-bond donors (Lipinski definition) is 0. The Morgan fingerprint density at radius 1 is 0.316 bits per heavy atom. The summed E-state index contributed by atoms with van der Waals surface area (Å²) in [4.78, 5) is 37.6. The first kappa shape index (κ1) is 92.8. The molecule has 95 heavy (non-hydrogen) atoms. The van der Waals surface area contributed by atoms with Crippen LogP contribution in [0.4, 0.5) is 0 Å². The van der Waals surface area contributed by atoms with Crippen LogP contribution in [0, 0.1) is 0 Å². The molecule has 2 unspecified atom stereocenters. The molecule has 0 aromatic rings. The molecule has 0 heterocycles. The highest BCUT2D eigenvalue weighted by molar-refractivity contribution is 5.70. The zero-order valence-electron chi connectivity index (χ0n) is 64.6. The molecule has 562 valence electrons. The van der Waals surface area contributed by atoms with Crippen LogP contribution < -0.4 is 5.11 Å². The van der Waals surface area contributed by atoms with Gasteiger partial charge in [0.25, 0.3) is 0 Å². The van der Waals surface area contributed by atoms with E-state index in [2.05, 4.69) is 38.2 Å². The van der Waals surface area contributed by atoms with E-state index in [1.165, 1.54) is 379 Å². The zero-order valence-corrected chi connectivity index (χ0v) is 64.6. The molecule has 0 rings (SSSR count). The predicted molar refractivity (Wildman–Crippen MR) is 408 cm³/mol. The molecule has 9 nitrogen and oxygen atoms in total. The lowest BCUT2D eigenvalue weighted by Gasteiger charge is -2.26. The summed E-state index contributed by atoms with van der Waals surface area (Å²) in [5, 5.41) is 11.9. The molecule has 9 heteroatoms. The average Bonchev–Trinajstić information content (AvgIpc) is 2.86. The van der Waals surface area contributed by atoms with E-state index in [0.717, 1.165) is 44.9 Å². The molecule has 0 fully saturated rings. The van der Waals surface area contributed by atoms with Crippen molar-refractivity contribution in [2.24, 2.45) is 0 Å². The van der Waals surface area contributed by atoms with Crippen LogP contribution in [0.1, 0.15) is 450 Å². The first-order chi connectivity index (χ1) is 46.6. The zero-order chi connectivity index (χ0) is 69.0. The lowest BCUT2D eigenvalue weighted by Crippen LogP contribution is -2.44. The van der Waals surface area contributed by atoms with Gasteiger partial charge >= 0.3 is 11.9 Å². The number of likely N-dealkylation sites (N-methyl/N-ethyl adjacent to an activating group) is 1. The molecule has 0 radical (unpaired) electrons. The number of unbranched alkanes of at least 4 members (excludes halogenated alkanes) is 62. The molecule has 0 saturated carbocycles. The van der Waals surface area contributed by atoms with Gasteiger partial charge in [-0.05, 0) is 44.9 Å². The summed E-state index contributed by atoms with van der Waals surface area (Å²) in [6.45, 7) is 4.83. The fourth-order valence-electron chi connectivity index (χ4n) is 13.2. The molecule has 0 bridgehead atoms. The number of ether oxygens (including phenoxy) is 4. The quantitative estimate of drug-likeness (QED) is 0.0195. The first-order valence-corrected chi connectivity index (χ1v) is 42.5. The van der Waals surface area contributed by atoms with Gasteiger partial charge in [-0.1, -0.05) is 417 Å². The number of rotatable bonds is 81. The minimum absolute atomic E-state index is 0.152. The monoisotopic (exact) mass is 1340 g/mol. The Balaban J connectivity index is 3.89. The van der Waals surface area contributed by atoms with E-state index in [1.807, 2.05) is 21.1 Å². The minimum Gasteiger partial charge on any atom is -0.545 e. The van der Waals surface area contributed by atoms with Gasteiger partial charge in [-0.2, -0.15) is 0 Å². The van der Waals surface area contributed by atoms with E-state index in [0.29, 0.717) is 17.4 Å². The Hall–Kier alpha value is -2.23. The van der Waals surface area contributed by atoms with Crippen LogP contribution in [0.15, 0.2) is 24.3 Å². The highest BCUT2D eigenvalue weighted by Crippen LogP contribution is 2.21. The normalized spacial score (nSPS) is 12.6. The van der Waals surface area contributed by atoms with Crippen molar-refractivity contribution in [3.05, 3.63) is 24.3 Å². The van der Waals surface area contributed by atoms with Crippen LogP contribution in [0.3, 0.4) is 0 Å². The second kappa shape index (κ2) is 77.5. The third kappa shape index (κ3) is 79.0. The lowest BCUT2D eigenvalue weighted by molar-refractivity contribution is -0.870. The Morgan fingerprint density at radius 2 is 0.568 bits per heavy atom. The minimum atomic E-state index is -1.62. The van der Waals surface area contributed by atoms with Gasteiger partial charge in [-0.15, -0.1) is 0 Å². The number of hydrogen-bond acceptors (Lipinski definition) is 8. The van der Waals surface area contributed by atoms with Crippen LogP contribution in [-0.4, -0.2) is 82.3 Å². The lowest BCUT2D eigenvalue weighted by atomic mass is 10.0. The van der Waals surface area contributed by atoms with Crippen molar-refractivity contribution in [3.63, 3.8) is 0 Å². The van der Waals surface area contributed by atoms with E-state index in [1.54, 1.807) is 0 Å². The number of nitrogens with zero attached hydrogens (tertiary/aromatic N) is 1. The number of esters is 2. The van der Waals surface area contributed by atoms with E-state index >= 15 is 0 Å². The summed E-state index contributed by atoms with van der Waals surface area (Å²) < 4.78 is 22.9. The molecule has 0 aliphatic rings. The molecule has 0 N–H and O–H groups in total. The summed E-state index contributed by atoms with van der Waals surface area (Å²) in [5.74, 6) is -2.25. The highest BCUT2D eigenvalue weighted by Gasteiger charge is 2.22. The maximum absolute atomic E-state index is 13.0. The Labute approximate surface area is 592 Å².